The van der Waals surface area contributed by atoms with Crippen molar-refractivity contribution in [1.29, 1.82) is 0 Å². The van der Waals surface area contributed by atoms with E-state index in [9.17, 15) is 19.2 Å². The number of hydrogen-bond donors (Lipinski definition) is 0. The van der Waals surface area contributed by atoms with Crippen molar-refractivity contribution in [1.82, 2.24) is 0 Å². The van der Waals surface area contributed by atoms with Gasteiger partial charge in [-0.3, -0.25) is 19.2 Å². The van der Waals surface area contributed by atoms with Gasteiger partial charge in [-0.1, -0.05) is 36.7 Å². The van der Waals surface area contributed by atoms with Gasteiger partial charge in [0, 0.05) is 16.7 Å². The Kier molecular flexibility index (Phi) is 7.14. The SMILES string of the molecule is CCCCOC(=O)CSC(=O)c1cc(N2C(=O)C3=C(CCCC3)C2=O)ccc1Cl. The molecule has 0 N–H and O–H groups in total. The molecule has 1 aromatic rings. The third-order valence-electron chi connectivity index (χ3n) is 4.90. The van der Waals surface area contributed by atoms with Gasteiger partial charge in [-0.2, -0.15) is 0 Å². The fourth-order valence-electron chi connectivity index (χ4n) is 3.36. The number of esters is 1. The smallest absolute Gasteiger partial charge is 0.316 e. The first-order valence-electron chi connectivity index (χ1n) is 9.67. The van der Waals surface area contributed by atoms with E-state index in [-0.39, 0.29) is 28.2 Å². The van der Waals surface area contributed by atoms with Crippen molar-refractivity contribution in [2.45, 2.75) is 45.4 Å². The number of imide groups is 1. The fraction of sp³-hybridized carbons (Fsp3) is 0.429. The Morgan fingerprint density at radius 2 is 1.79 bits per heavy atom. The van der Waals surface area contributed by atoms with Crippen molar-refractivity contribution in [3.63, 3.8) is 0 Å². The quantitative estimate of drug-likeness (QED) is 0.361. The normalized spacial score (nSPS) is 16.3. The van der Waals surface area contributed by atoms with Crippen LogP contribution in [0.25, 0.3) is 0 Å². The number of amides is 2. The lowest BCUT2D eigenvalue weighted by Gasteiger charge is -2.16. The maximum Gasteiger partial charge on any atom is 0.316 e. The number of carbonyl (C=O) groups is 4. The lowest BCUT2D eigenvalue weighted by molar-refractivity contribution is -0.140. The molecule has 0 unspecified atom stereocenters. The van der Waals surface area contributed by atoms with Gasteiger partial charge in [0.1, 0.15) is 0 Å². The average Bonchev–Trinajstić information content (AvgIpc) is 2.98. The molecule has 2 aliphatic rings. The van der Waals surface area contributed by atoms with Crippen LogP contribution in [0.15, 0.2) is 29.3 Å². The van der Waals surface area contributed by atoms with Gasteiger partial charge < -0.3 is 4.74 Å². The monoisotopic (exact) mass is 435 g/mol. The minimum absolute atomic E-state index is 0.124. The molecule has 29 heavy (non-hydrogen) atoms. The van der Waals surface area contributed by atoms with E-state index < -0.39 is 11.1 Å². The number of unbranched alkanes of at least 4 members (excludes halogenated alkanes) is 1. The molecule has 0 saturated carbocycles. The van der Waals surface area contributed by atoms with E-state index in [0.29, 0.717) is 36.3 Å². The van der Waals surface area contributed by atoms with E-state index >= 15 is 0 Å². The molecule has 0 spiro atoms. The lowest BCUT2D eigenvalue weighted by Crippen LogP contribution is -2.31. The fourth-order valence-corrected chi connectivity index (χ4v) is 4.27. The molecule has 0 aromatic heterocycles. The first kappa shape index (κ1) is 21.6. The highest BCUT2D eigenvalue weighted by atomic mass is 35.5. The molecule has 1 aromatic carbocycles. The van der Waals surface area contributed by atoms with E-state index in [1.54, 1.807) is 6.07 Å². The van der Waals surface area contributed by atoms with Crippen LogP contribution >= 0.6 is 23.4 Å². The topological polar surface area (TPSA) is 80.8 Å². The summed E-state index contributed by atoms with van der Waals surface area (Å²) < 4.78 is 5.04. The van der Waals surface area contributed by atoms with Gasteiger partial charge in [-0.25, -0.2) is 4.90 Å². The highest BCUT2D eigenvalue weighted by Crippen LogP contribution is 2.37. The van der Waals surface area contributed by atoms with Crippen molar-refractivity contribution in [2.75, 3.05) is 17.3 Å². The molecule has 0 atom stereocenters. The minimum Gasteiger partial charge on any atom is -0.465 e. The van der Waals surface area contributed by atoms with E-state index in [2.05, 4.69) is 0 Å². The predicted octanol–water partition coefficient (Wildman–Crippen LogP) is 4.30. The Labute approximate surface area is 178 Å². The van der Waals surface area contributed by atoms with Crippen LogP contribution in [0.1, 0.15) is 55.8 Å². The summed E-state index contributed by atoms with van der Waals surface area (Å²) in [6.45, 7) is 2.32. The third kappa shape index (κ3) is 4.73. The van der Waals surface area contributed by atoms with Crippen LogP contribution in [0.5, 0.6) is 0 Å². The van der Waals surface area contributed by atoms with Gasteiger partial charge in [0.15, 0.2) is 0 Å². The maximum absolute atomic E-state index is 12.7. The van der Waals surface area contributed by atoms with Crippen LogP contribution in [0.3, 0.4) is 0 Å². The van der Waals surface area contributed by atoms with Crippen molar-refractivity contribution in [3.8, 4) is 0 Å². The standard InChI is InChI=1S/C21H22ClNO5S/c1-2-3-10-28-18(24)12-29-21(27)16-11-13(8-9-17(16)22)23-19(25)14-6-4-5-7-15(14)20(23)26/h8-9,11H,2-7,10,12H2,1H3. The number of nitrogens with zero attached hydrogens (tertiary/aromatic N) is 1. The number of rotatable bonds is 7. The molecule has 0 fully saturated rings. The molecule has 1 heterocycles. The summed E-state index contributed by atoms with van der Waals surface area (Å²) in [6, 6.07) is 4.48. The summed E-state index contributed by atoms with van der Waals surface area (Å²) in [5.41, 5.74) is 1.62. The van der Waals surface area contributed by atoms with Gasteiger partial charge in [-0.05, 0) is 50.3 Å². The Morgan fingerprint density at radius 1 is 1.14 bits per heavy atom. The lowest BCUT2D eigenvalue weighted by atomic mass is 9.93. The molecule has 2 amide bonds. The number of halogens is 1. The molecule has 1 aliphatic heterocycles. The van der Waals surface area contributed by atoms with Gasteiger partial charge in [0.2, 0.25) is 5.12 Å². The molecule has 3 rings (SSSR count). The van der Waals surface area contributed by atoms with Crippen LogP contribution < -0.4 is 4.90 Å². The third-order valence-corrected chi connectivity index (χ3v) is 6.09. The second-order valence-electron chi connectivity index (χ2n) is 6.92. The van der Waals surface area contributed by atoms with Gasteiger partial charge in [0.25, 0.3) is 11.8 Å². The summed E-state index contributed by atoms with van der Waals surface area (Å²) in [5, 5.41) is -0.219. The Morgan fingerprint density at radius 3 is 2.41 bits per heavy atom. The molecule has 1 aliphatic carbocycles. The molecular weight excluding hydrogens is 414 g/mol. The molecule has 0 saturated heterocycles. The molecular formula is C21H22ClNO5S. The van der Waals surface area contributed by atoms with Crippen LogP contribution in [0.2, 0.25) is 5.02 Å². The predicted molar refractivity (Wildman–Crippen MR) is 112 cm³/mol. The van der Waals surface area contributed by atoms with Crippen LogP contribution in [-0.4, -0.2) is 35.3 Å². The summed E-state index contributed by atoms with van der Waals surface area (Å²) in [7, 11) is 0. The second-order valence-corrected chi connectivity index (χ2v) is 8.28. The second kappa shape index (κ2) is 9.59. The number of carbonyl (C=O) groups excluding carboxylic acids is 4. The van der Waals surface area contributed by atoms with E-state index in [1.165, 1.54) is 12.1 Å². The molecule has 0 bridgehead atoms. The largest absolute Gasteiger partial charge is 0.465 e. The molecule has 0 radical (unpaired) electrons. The highest BCUT2D eigenvalue weighted by Gasteiger charge is 2.39. The Bertz CT molecular complexity index is 867. The maximum atomic E-state index is 12.7. The zero-order chi connectivity index (χ0) is 21.0. The van der Waals surface area contributed by atoms with Crippen LogP contribution in [-0.2, 0) is 19.1 Å². The zero-order valence-electron chi connectivity index (χ0n) is 16.2. The van der Waals surface area contributed by atoms with Gasteiger partial charge >= 0.3 is 5.97 Å². The summed E-state index contributed by atoms with van der Waals surface area (Å²) >= 11 is 6.95. The molecule has 6 nitrogen and oxygen atoms in total. The van der Waals surface area contributed by atoms with Crippen molar-refractivity contribution >= 4 is 51.9 Å². The number of anilines is 1. The number of hydrogen-bond acceptors (Lipinski definition) is 6. The van der Waals surface area contributed by atoms with Crippen molar-refractivity contribution in [2.24, 2.45) is 0 Å². The van der Waals surface area contributed by atoms with Crippen LogP contribution in [0.4, 0.5) is 5.69 Å². The Balaban J connectivity index is 1.72. The first-order chi connectivity index (χ1) is 13.9. The molecule has 154 valence electrons. The number of thioether (sulfide) groups is 1. The van der Waals surface area contributed by atoms with E-state index in [0.717, 1.165) is 42.3 Å². The summed E-state index contributed by atoms with van der Waals surface area (Å²) in [6.07, 6.45) is 4.67. The average molecular weight is 436 g/mol. The Hall–Kier alpha value is -2.12. The van der Waals surface area contributed by atoms with Gasteiger partial charge in [-0.15, -0.1) is 0 Å². The number of ether oxygens (including phenoxy) is 1. The highest BCUT2D eigenvalue weighted by molar-refractivity contribution is 8.14. The van der Waals surface area contributed by atoms with E-state index in [4.69, 9.17) is 16.3 Å². The van der Waals surface area contributed by atoms with Crippen molar-refractivity contribution < 1.29 is 23.9 Å². The van der Waals surface area contributed by atoms with Crippen LogP contribution in [0, 0.1) is 0 Å². The zero-order valence-corrected chi connectivity index (χ0v) is 17.7. The van der Waals surface area contributed by atoms with Gasteiger partial charge in [0.05, 0.1) is 23.1 Å². The summed E-state index contributed by atoms with van der Waals surface area (Å²) in [4.78, 5) is 50.8. The first-order valence-corrected chi connectivity index (χ1v) is 11.0. The minimum atomic E-state index is -0.467. The van der Waals surface area contributed by atoms with E-state index in [1.807, 2.05) is 6.92 Å². The number of benzene rings is 1. The van der Waals surface area contributed by atoms with Crippen molar-refractivity contribution in [3.05, 3.63) is 39.9 Å². The summed E-state index contributed by atoms with van der Waals surface area (Å²) in [5.74, 6) is -1.23. The molecule has 8 heteroatoms.